The van der Waals surface area contributed by atoms with Crippen LogP contribution in [0.3, 0.4) is 0 Å². The number of hydrogen-bond donors (Lipinski definition) is 1. The van der Waals surface area contributed by atoms with Crippen LogP contribution >= 0.6 is 49.9 Å². The number of nitrogen functional groups attached to an aromatic ring is 1. The highest BCUT2D eigenvalue weighted by Crippen LogP contribution is 2.35. The van der Waals surface area contributed by atoms with Crippen molar-refractivity contribution in [1.82, 2.24) is 0 Å². The summed E-state index contributed by atoms with van der Waals surface area (Å²) < 4.78 is 3.43. The Morgan fingerprint density at radius 1 is 1.42 bits per heavy atom. The van der Waals surface area contributed by atoms with Gasteiger partial charge >= 0.3 is 0 Å². The van der Waals surface area contributed by atoms with Gasteiger partial charge in [0.05, 0.1) is 14.2 Å². The van der Waals surface area contributed by atoms with Crippen LogP contribution in [0.2, 0.25) is 0 Å². The molecule has 0 aliphatic rings. The van der Waals surface area contributed by atoms with Gasteiger partial charge in [0.25, 0.3) is 0 Å². The molecule has 1 nitrogen and oxygen atoms in total. The number of nitrogens with two attached hydrogens (primary N) is 1. The Morgan fingerprint density at radius 2 is 2.17 bits per heavy atom. The number of benzene rings is 1. The molecule has 0 atom stereocenters. The molecule has 0 aliphatic heterocycles. The summed E-state index contributed by atoms with van der Waals surface area (Å²) in [5.74, 6) is 0. The Labute approximate surface area is 96.2 Å². The first-order valence-corrected chi connectivity index (χ1v) is 6.00. The van der Waals surface area contributed by atoms with E-state index in [0.717, 1.165) is 13.0 Å². The Bertz CT molecular complexity index is 438. The molecule has 12 heavy (non-hydrogen) atoms. The third-order valence-electron chi connectivity index (χ3n) is 1.64. The molecule has 0 spiro atoms. The van der Waals surface area contributed by atoms with E-state index in [0.29, 0.717) is 0 Å². The molecule has 2 aromatic rings. The van der Waals surface area contributed by atoms with Crippen LogP contribution in [0.1, 0.15) is 0 Å². The summed E-state index contributed by atoms with van der Waals surface area (Å²) in [5, 5.41) is 1.21. The van der Waals surface area contributed by atoms with Crippen LogP contribution in [0.25, 0.3) is 10.1 Å². The van der Waals surface area contributed by atoms with Crippen molar-refractivity contribution < 1.29 is 0 Å². The van der Waals surface area contributed by atoms with Gasteiger partial charge in [0, 0.05) is 3.57 Å². The lowest BCUT2D eigenvalue weighted by Gasteiger charge is -1.97. The van der Waals surface area contributed by atoms with E-state index in [1.54, 1.807) is 11.3 Å². The summed E-state index contributed by atoms with van der Waals surface area (Å²) in [6, 6.07) is 6.22. The summed E-state index contributed by atoms with van der Waals surface area (Å²) in [6.07, 6.45) is 0. The van der Waals surface area contributed by atoms with Crippen molar-refractivity contribution in [3.05, 3.63) is 25.6 Å². The van der Waals surface area contributed by atoms with Gasteiger partial charge < -0.3 is 5.73 Å². The van der Waals surface area contributed by atoms with Crippen molar-refractivity contribution in [1.29, 1.82) is 0 Å². The second-order valence-corrected chi connectivity index (χ2v) is 6.02. The first kappa shape index (κ1) is 8.77. The molecule has 62 valence electrons. The lowest BCUT2D eigenvalue weighted by molar-refractivity contribution is 1.73. The van der Waals surface area contributed by atoms with Crippen LogP contribution < -0.4 is 5.73 Å². The maximum atomic E-state index is 5.91. The second kappa shape index (κ2) is 3.16. The first-order chi connectivity index (χ1) is 5.68. The fraction of sp³-hybridized carbons (Fsp3) is 0. The van der Waals surface area contributed by atoms with Gasteiger partial charge in [-0.15, -0.1) is 11.3 Å². The predicted octanol–water partition coefficient (Wildman–Crippen LogP) is 3.85. The maximum Gasteiger partial charge on any atom is 0.0711 e. The summed E-state index contributed by atoms with van der Waals surface area (Å²) in [6.45, 7) is 0. The molecule has 1 aromatic heterocycles. The van der Waals surface area contributed by atoms with E-state index >= 15 is 0 Å². The molecule has 2 N–H and O–H groups in total. The number of fused-ring (bicyclic) bond motifs is 1. The highest BCUT2D eigenvalue weighted by atomic mass is 127. The molecule has 1 aromatic carbocycles. The van der Waals surface area contributed by atoms with E-state index in [-0.39, 0.29) is 0 Å². The van der Waals surface area contributed by atoms with Crippen molar-refractivity contribution in [2.45, 2.75) is 0 Å². The molecule has 0 unspecified atom stereocenters. The van der Waals surface area contributed by atoms with Gasteiger partial charge in [0.15, 0.2) is 0 Å². The zero-order valence-corrected chi connectivity index (χ0v) is 10.5. The van der Waals surface area contributed by atoms with Crippen LogP contribution in [0.15, 0.2) is 22.0 Å². The van der Waals surface area contributed by atoms with Gasteiger partial charge in [-0.25, -0.2) is 0 Å². The first-order valence-electron chi connectivity index (χ1n) is 3.31. The fourth-order valence-corrected chi connectivity index (χ4v) is 3.28. The number of hydrogen-bond acceptors (Lipinski definition) is 2. The highest BCUT2D eigenvalue weighted by molar-refractivity contribution is 14.1. The monoisotopic (exact) mass is 353 g/mol. The number of rotatable bonds is 0. The molecule has 2 rings (SSSR count). The quantitative estimate of drug-likeness (QED) is 0.565. The van der Waals surface area contributed by atoms with Crippen LogP contribution in [0, 0.1) is 3.57 Å². The molecule has 0 saturated carbocycles. The Balaban J connectivity index is 2.89. The number of halogens is 2. The maximum absolute atomic E-state index is 5.91. The Kier molecular flexibility index (Phi) is 2.31. The fourth-order valence-electron chi connectivity index (χ4n) is 1.07. The lowest BCUT2D eigenvalue weighted by atomic mass is 10.2. The minimum atomic E-state index is 0.892. The summed E-state index contributed by atoms with van der Waals surface area (Å²) in [4.78, 5) is 0. The average molecular weight is 354 g/mol. The minimum Gasteiger partial charge on any atom is -0.397 e. The number of anilines is 1. The molecule has 0 fully saturated rings. The van der Waals surface area contributed by atoms with Crippen LogP contribution in [0.5, 0.6) is 0 Å². The molecule has 4 heteroatoms. The SMILES string of the molecule is Nc1c(I)ccc2cc(Br)sc12. The normalized spacial score (nSPS) is 10.8. The zero-order chi connectivity index (χ0) is 8.72. The molecular weight excluding hydrogens is 349 g/mol. The van der Waals surface area contributed by atoms with Gasteiger partial charge in [-0.05, 0) is 56.0 Å². The highest BCUT2D eigenvalue weighted by Gasteiger charge is 2.04. The van der Waals surface area contributed by atoms with Crippen molar-refractivity contribution >= 4 is 65.6 Å². The van der Waals surface area contributed by atoms with Crippen LogP contribution in [-0.2, 0) is 0 Å². The molecule has 1 heterocycles. The molecule has 0 aliphatic carbocycles. The van der Waals surface area contributed by atoms with Crippen LogP contribution in [-0.4, -0.2) is 0 Å². The van der Waals surface area contributed by atoms with E-state index in [4.69, 9.17) is 5.73 Å². The van der Waals surface area contributed by atoms with Crippen molar-refractivity contribution in [3.63, 3.8) is 0 Å². The van der Waals surface area contributed by atoms with Gasteiger partial charge in [-0.1, -0.05) is 6.07 Å². The molecule has 0 bridgehead atoms. The largest absolute Gasteiger partial charge is 0.397 e. The standard InChI is InChI=1S/C8H5BrINS/c9-6-3-4-1-2-5(10)7(11)8(4)12-6/h1-3H,11H2. The van der Waals surface area contributed by atoms with E-state index in [2.05, 4.69) is 50.7 Å². The third kappa shape index (κ3) is 1.36. The van der Waals surface area contributed by atoms with Crippen LogP contribution in [0.4, 0.5) is 5.69 Å². The van der Waals surface area contributed by atoms with Gasteiger partial charge in [0.1, 0.15) is 0 Å². The van der Waals surface area contributed by atoms with Gasteiger partial charge in [-0.3, -0.25) is 0 Å². The minimum absolute atomic E-state index is 0.892. The lowest BCUT2D eigenvalue weighted by Crippen LogP contribution is -1.87. The summed E-state index contributed by atoms with van der Waals surface area (Å²) >= 11 is 7.37. The number of thiophene rings is 1. The summed E-state index contributed by atoms with van der Waals surface area (Å²) in [5.41, 5.74) is 6.81. The van der Waals surface area contributed by atoms with E-state index in [1.807, 2.05) is 6.07 Å². The average Bonchev–Trinajstić information content (AvgIpc) is 2.39. The van der Waals surface area contributed by atoms with Crippen molar-refractivity contribution in [2.24, 2.45) is 0 Å². The molecular formula is C8H5BrINS. The molecule has 0 radical (unpaired) electrons. The Morgan fingerprint density at radius 3 is 2.92 bits per heavy atom. The topological polar surface area (TPSA) is 26.0 Å². The van der Waals surface area contributed by atoms with Gasteiger partial charge in [0.2, 0.25) is 0 Å². The van der Waals surface area contributed by atoms with E-state index in [1.165, 1.54) is 10.1 Å². The van der Waals surface area contributed by atoms with Gasteiger partial charge in [-0.2, -0.15) is 0 Å². The summed E-state index contributed by atoms with van der Waals surface area (Å²) in [7, 11) is 0. The zero-order valence-electron chi connectivity index (χ0n) is 5.97. The van der Waals surface area contributed by atoms with Crippen molar-refractivity contribution in [3.8, 4) is 0 Å². The molecule has 0 saturated heterocycles. The van der Waals surface area contributed by atoms with Crippen molar-refractivity contribution in [2.75, 3.05) is 5.73 Å². The third-order valence-corrected chi connectivity index (χ3v) is 4.27. The van der Waals surface area contributed by atoms with E-state index in [9.17, 15) is 0 Å². The van der Waals surface area contributed by atoms with E-state index < -0.39 is 0 Å². The predicted molar refractivity (Wildman–Crippen MR) is 66.7 cm³/mol. The Hall–Kier alpha value is 0.190. The smallest absolute Gasteiger partial charge is 0.0711 e. The molecule has 0 amide bonds. The second-order valence-electron chi connectivity index (χ2n) is 2.43.